The number of urea groups is 1. The summed E-state index contributed by atoms with van der Waals surface area (Å²) in [5, 5.41) is 5.19. The number of anilines is 2. The van der Waals surface area contributed by atoms with Gasteiger partial charge in [-0.3, -0.25) is 9.88 Å². The van der Waals surface area contributed by atoms with E-state index in [4.69, 9.17) is 4.74 Å². The maximum absolute atomic E-state index is 14.2. The number of aromatic nitrogens is 1. The van der Waals surface area contributed by atoms with Crippen molar-refractivity contribution in [2.45, 2.75) is 61.1 Å². The zero-order valence-corrected chi connectivity index (χ0v) is 20.9. The molecule has 0 radical (unpaired) electrons. The number of nitrogens with zero attached hydrogens (tertiary/aromatic N) is 3. The Hall–Kier alpha value is -3.20. The summed E-state index contributed by atoms with van der Waals surface area (Å²) in [4.78, 5) is 32.4. The number of benzene rings is 1. The lowest BCUT2D eigenvalue weighted by Gasteiger charge is -2.35. The normalized spacial score (nSPS) is 13.6. The lowest BCUT2D eigenvalue weighted by atomic mass is 10.1. The Balaban J connectivity index is 0.00000199. The van der Waals surface area contributed by atoms with E-state index < -0.39 is 17.4 Å². The average Bonchev–Trinajstić information content (AvgIpc) is 2.78. The molecule has 2 aromatic rings. The summed E-state index contributed by atoms with van der Waals surface area (Å²) in [6, 6.07) is 7.63. The van der Waals surface area contributed by atoms with Gasteiger partial charge in [-0.25, -0.2) is 14.0 Å². The molecule has 2 heterocycles. The van der Waals surface area contributed by atoms with Crippen molar-refractivity contribution in [2.24, 2.45) is 0 Å². The molecule has 1 aliphatic heterocycles. The molecule has 1 saturated heterocycles. The summed E-state index contributed by atoms with van der Waals surface area (Å²) in [5.74, 6) is -0.513. The van der Waals surface area contributed by atoms with Gasteiger partial charge in [-0.1, -0.05) is 27.3 Å². The van der Waals surface area contributed by atoms with Gasteiger partial charge in [-0.05, 0) is 57.5 Å². The van der Waals surface area contributed by atoms with E-state index in [9.17, 15) is 14.0 Å². The molecule has 194 valence electrons. The molecule has 0 aliphatic carbocycles. The van der Waals surface area contributed by atoms with Crippen molar-refractivity contribution in [1.82, 2.24) is 14.8 Å². The second-order valence-corrected chi connectivity index (χ2v) is 8.83. The lowest BCUT2D eigenvalue weighted by molar-refractivity contribution is 0.0139. The van der Waals surface area contributed by atoms with Crippen LogP contribution in [0.1, 0.15) is 53.3 Å². The number of halogens is 1. The van der Waals surface area contributed by atoms with E-state index >= 15 is 0 Å². The van der Waals surface area contributed by atoms with Crippen molar-refractivity contribution in [3.05, 3.63) is 53.6 Å². The molecule has 8 nitrogen and oxygen atoms in total. The Morgan fingerprint density at radius 1 is 1.06 bits per heavy atom. The predicted octanol–water partition coefficient (Wildman–Crippen LogP) is 5.89. The molecule has 9 heteroatoms. The van der Waals surface area contributed by atoms with Crippen LogP contribution in [0.5, 0.6) is 0 Å². The van der Waals surface area contributed by atoms with Crippen molar-refractivity contribution >= 4 is 23.5 Å². The van der Waals surface area contributed by atoms with Gasteiger partial charge < -0.3 is 20.3 Å². The monoisotopic (exact) mass is 489 g/mol. The van der Waals surface area contributed by atoms with Crippen molar-refractivity contribution < 1.29 is 18.7 Å². The minimum atomic E-state index is -0.544. The van der Waals surface area contributed by atoms with Crippen LogP contribution in [-0.4, -0.2) is 58.7 Å². The fourth-order valence-electron chi connectivity index (χ4n) is 3.27. The standard InChI is InChI=1S/C23H30FN5O3.C2H6.CH4/c1-16-5-7-18(14-25-16)26-21(30)27-20-13-17(6-8-19(20)24)15-28-9-11-29(12-10-28)22(31)32-23(2,3)4;1-2;/h5-8,13-14H,9-12,15H2,1-4H3,(H2,26,27,30);1-2H3;1H4. The molecule has 3 rings (SSSR count). The minimum Gasteiger partial charge on any atom is -0.444 e. The summed E-state index contributed by atoms with van der Waals surface area (Å²) in [7, 11) is 0. The maximum Gasteiger partial charge on any atom is 0.410 e. The fraction of sp³-hybridized carbons (Fsp3) is 0.500. The number of ether oxygens (including phenoxy) is 1. The van der Waals surface area contributed by atoms with Crippen LogP contribution in [0, 0.1) is 12.7 Å². The Morgan fingerprint density at radius 2 is 1.71 bits per heavy atom. The van der Waals surface area contributed by atoms with Crippen LogP contribution in [0.25, 0.3) is 0 Å². The fourth-order valence-corrected chi connectivity index (χ4v) is 3.27. The first-order valence-corrected chi connectivity index (χ1v) is 11.6. The SMILES string of the molecule is C.CC.Cc1ccc(NC(=O)Nc2cc(CN3CCN(C(=O)OC(C)(C)C)CC3)ccc2F)cn1. The van der Waals surface area contributed by atoms with Crippen molar-refractivity contribution in [3.8, 4) is 0 Å². The van der Waals surface area contributed by atoms with Crippen LogP contribution in [-0.2, 0) is 11.3 Å². The van der Waals surface area contributed by atoms with Gasteiger partial charge in [0.2, 0.25) is 0 Å². The minimum absolute atomic E-state index is 0. The number of rotatable bonds is 4. The summed E-state index contributed by atoms with van der Waals surface area (Å²) in [6.45, 7) is 14.5. The molecule has 0 atom stereocenters. The number of carbonyl (C=O) groups is 2. The van der Waals surface area contributed by atoms with E-state index in [2.05, 4.69) is 20.5 Å². The number of amides is 3. The van der Waals surface area contributed by atoms with Crippen LogP contribution in [0.4, 0.5) is 25.4 Å². The smallest absolute Gasteiger partial charge is 0.410 e. The number of hydrogen-bond acceptors (Lipinski definition) is 5. The molecule has 1 aromatic heterocycles. The summed E-state index contributed by atoms with van der Waals surface area (Å²) in [6.07, 6.45) is 1.23. The van der Waals surface area contributed by atoms with Crippen LogP contribution < -0.4 is 10.6 Å². The van der Waals surface area contributed by atoms with Crippen LogP contribution in [0.15, 0.2) is 36.5 Å². The lowest BCUT2D eigenvalue weighted by Crippen LogP contribution is -2.49. The molecule has 2 N–H and O–H groups in total. The number of carbonyl (C=O) groups excluding carboxylic acids is 2. The maximum atomic E-state index is 14.2. The zero-order chi connectivity index (χ0) is 25.3. The molecule has 35 heavy (non-hydrogen) atoms. The van der Waals surface area contributed by atoms with E-state index in [-0.39, 0.29) is 19.2 Å². The molecule has 1 fully saturated rings. The van der Waals surface area contributed by atoms with Gasteiger partial charge in [0.1, 0.15) is 11.4 Å². The molecule has 0 saturated carbocycles. The van der Waals surface area contributed by atoms with Gasteiger partial charge in [0.05, 0.1) is 17.6 Å². The van der Waals surface area contributed by atoms with Crippen molar-refractivity contribution in [2.75, 3.05) is 36.8 Å². The highest BCUT2D eigenvalue weighted by atomic mass is 19.1. The van der Waals surface area contributed by atoms with Gasteiger partial charge in [0.15, 0.2) is 0 Å². The van der Waals surface area contributed by atoms with E-state index in [0.717, 1.165) is 11.3 Å². The Kier molecular flexibility index (Phi) is 11.6. The number of nitrogens with one attached hydrogen (secondary N) is 2. The third kappa shape index (κ3) is 9.90. The van der Waals surface area contributed by atoms with Crippen molar-refractivity contribution in [1.29, 1.82) is 0 Å². The predicted molar refractivity (Wildman–Crippen MR) is 139 cm³/mol. The van der Waals surface area contributed by atoms with Gasteiger partial charge in [-0.2, -0.15) is 0 Å². The number of hydrogen-bond donors (Lipinski definition) is 2. The first-order valence-electron chi connectivity index (χ1n) is 11.6. The highest BCUT2D eigenvalue weighted by Gasteiger charge is 2.26. The topological polar surface area (TPSA) is 86.8 Å². The highest BCUT2D eigenvalue weighted by molar-refractivity contribution is 5.99. The summed E-state index contributed by atoms with van der Waals surface area (Å²) < 4.78 is 19.7. The van der Waals surface area contributed by atoms with E-state index in [0.29, 0.717) is 38.4 Å². The number of aryl methyl sites for hydroxylation is 1. The third-order valence-electron chi connectivity index (χ3n) is 4.88. The Bertz CT molecular complexity index is 952. The van der Waals surface area contributed by atoms with E-state index in [1.807, 2.05) is 41.5 Å². The summed E-state index contributed by atoms with van der Waals surface area (Å²) >= 11 is 0. The Labute approximate surface area is 208 Å². The molecule has 0 unspecified atom stereocenters. The third-order valence-corrected chi connectivity index (χ3v) is 4.88. The van der Waals surface area contributed by atoms with Crippen LogP contribution in [0.3, 0.4) is 0 Å². The van der Waals surface area contributed by atoms with Gasteiger partial charge in [0.25, 0.3) is 0 Å². The van der Waals surface area contributed by atoms with E-state index in [1.54, 1.807) is 35.4 Å². The molecular formula is C26H40FN5O3. The quantitative estimate of drug-likeness (QED) is 0.559. The largest absolute Gasteiger partial charge is 0.444 e. The Morgan fingerprint density at radius 3 is 2.29 bits per heavy atom. The number of pyridine rings is 1. The second-order valence-electron chi connectivity index (χ2n) is 8.83. The van der Waals surface area contributed by atoms with Gasteiger partial charge >= 0.3 is 12.1 Å². The molecule has 1 aliphatic rings. The molecule has 3 amide bonds. The van der Waals surface area contributed by atoms with Crippen molar-refractivity contribution in [3.63, 3.8) is 0 Å². The van der Waals surface area contributed by atoms with E-state index in [1.165, 1.54) is 6.07 Å². The zero-order valence-electron chi connectivity index (χ0n) is 20.9. The highest BCUT2D eigenvalue weighted by Crippen LogP contribution is 2.19. The molecule has 0 bridgehead atoms. The molecular weight excluding hydrogens is 449 g/mol. The van der Waals surface area contributed by atoms with Crippen LogP contribution in [0.2, 0.25) is 0 Å². The summed E-state index contributed by atoms with van der Waals surface area (Å²) in [5.41, 5.74) is 1.81. The molecule has 0 spiro atoms. The first-order chi connectivity index (χ1) is 16.1. The first kappa shape index (κ1) is 29.8. The molecule has 1 aromatic carbocycles. The van der Waals surface area contributed by atoms with Crippen LogP contribution >= 0.6 is 0 Å². The van der Waals surface area contributed by atoms with Gasteiger partial charge in [-0.15, -0.1) is 0 Å². The van der Waals surface area contributed by atoms with Gasteiger partial charge in [0, 0.05) is 38.4 Å². The average molecular weight is 490 g/mol. The second kappa shape index (κ2) is 13.6. The number of piperazine rings is 1.